The zero-order valence-electron chi connectivity index (χ0n) is 11.6. The maximum Gasteiger partial charge on any atom is 0.327 e. The van der Waals surface area contributed by atoms with Crippen molar-refractivity contribution in [3.8, 4) is 0 Å². The molecule has 20 heavy (non-hydrogen) atoms. The van der Waals surface area contributed by atoms with Crippen molar-refractivity contribution in [3.63, 3.8) is 0 Å². The number of unbranched alkanes of at least 4 members (excludes halogenated alkanes) is 1. The lowest BCUT2D eigenvalue weighted by molar-refractivity contribution is -0.142. The first-order valence-electron chi connectivity index (χ1n) is 6.44. The Morgan fingerprint density at radius 2 is 2.05 bits per heavy atom. The fourth-order valence-corrected chi connectivity index (χ4v) is 1.87. The molecule has 8 nitrogen and oxygen atoms in total. The maximum absolute atomic E-state index is 11.7. The molecule has 0 spiro atoms. The number of carbonyl (C=O) groups is 4. The average Bonchev–Trinajstić information content (AvgIpc) is 2.61. The molecular weight excluding hydrogens is 266 g/mol. The molecular formula is C12H19N3O5. The van der Waals surface area contributed by atoms with Crippen LogP contribution < -0.4 is 5.32 Å². The Hall–Kier alpha value is -2.12. The van der Waals surface area contributed by atoms with Crippen LogP contribution in [-0.2, 0) is 14.4 Å². The molecule has 1 aliphatic heterocycles. The van der Waals surface area contributed by atoms with E-state index in [1.54, 1.807) is 0 Å². The van der Waals surface area contributed by atoms with Gasteiger partial charge < -0.3 is 15.3 Å². The average molecular weight is 285 g/mol. The summed E-state index contributed by atoms with van der Waals surface area (Å²) in [5.74, 6) is -2.23. The highest BCUT2D eigenvalue weighted by Gasteiger charge is 2.35. The number of hydrogen-bond donors (Lipinski definition) is 2. The first-order chi connectivity index (χ1) is 9.36. The number of carboxylic acid groups (broad SMARTS) is 1. The van der Waals surface area contributed by atoms with Gasteiger partial charge in [-0.25, -0.2) is 9.59 Å². The number of imide groups is 1. The summed E-state index contributed by atoms with van der Waals surface area (Å²) < 4.78 is 0. The molecule has 2 N–H and O–H groups in total. The third kappa shape index (κ3) is 3.94. The van der Waals surface area contributed by atoms with Crippen LogP contribution in [-0.4, -0.2) is 64.9 Å². The fraction of sp³-hybridized carbons (Fsp3) is 0.667. The second-order valence-electron chi connectivity index (χ2n) is 4.72. The van der Waals surface area contributed by atoms with Gasteiger partial charge in [-0.3, -0.25) is 14.5 Å². The van der Waals surface area contributed by atoms with E-state index in [2.05, 4.69) is 5.32 Å². The van der Waals surface area contributed by atoms with E-state index in [1.165, 1.54) is 11.9 Å². The Labute approximate surface area is 116 Å². The monoisotopic (exact) mass is 285 g/mol. The SMILES string of the molecule is CCCC[C@H](NC(=O)CN1C(=O)CN(C)C1=O)C(=O)O. The van der Waals surface area contributed by atoms with Gasteiger partial charge in [0, 0.05) is 7.05 Å². The van der Waals surface area contributed by atoms with Crippen LogP contribution in [0.5, 0.6) is 0 Å². The summed E-state index contributed by atoms with van der Waals surface area (Å²) in [6.07, 6.45) is 1.80. The molecule has 4 amide bonds. The largest absolute Gasteiger partial charge is 0.480 e. The molecule has 1 saturated heterocycles. The molecule has 0 saturated carbocycles. The van der Waals surface area contributed by atoms with Gasteiger partial charge in [-0.2, -0.15) is 0 Å². The molecule has 1 atom stereocenters. The minimum Gasteiger partial charge on any atom is -0.480 e. The first kappa shape index (κ1) is 15.9. The second-order valence-corrected chi connectivity index (χ2v) is 4.72. The Morgan fingerprint density at radius 3 is 2.50 bits per heavy atom. The lowest BCUT2D eigenvalue weighted by Gasteiger charge is -2.17. The molecule has 112 valence electrons. The summed E-state index contributed by atoms with van der Waals surface area (Å²) in [5.41, 5.74) is 0. The van der Waals surface area contributed by atoms with E-state index >= 15 is 0 Å². The number of amides is 4. The van der Waals surface area contributed by atoms with Gasteiger partial charge in [-0.15, -0.1) is 0 Å². The first-order valence-corrected chi connectivity index (χ1v) is 6.44. The zero-order chi connectivity index (χ0) is 15.3. The standard InChI is InChI=1S/C12H19N3O5/c1-3-4-5-8(11(18)19)13-9(16)6-15-10(17)7-14(2)12(15)20/h8H,3-7H2,1-2H3,(H,13,16)(H,18,19)/t8-/m0/s1. The van der Waals surface area contributed by atoms with Crippen LogP contribution in [0.4, 0.5) is 4.79 Å². The lowest BCUT2D eigenvalue weighted by atomic mass is 10.1. The zero-order valence-corrected chi connectivity index (χ0v) is 11.6. The van der Waals surface area contributed by atoms with Crippen molar-refractivity contribution in [2.75, 3.05) is 20.1 Å². The number of carboxylic acids is 1. The number of hydrogen-bond acceptors (Lipinski definition) is 4. The van der Waals surface area contributed by atoms with Crippen LogP contribution in [0.2, 0.25) is 0 Å². The number of urea groups is 1. The lowest BCUT2D eigenvalue weighted by Crippen LogP contribution is -2.47. The van der Waals surface area contributed by atoms with Gasteiger partial charge in [-0.1, -0.05) is 19.8 Å². The van der Waals surface area contributed by atoms with E-state index in [-0.39, 0.29) is 6.54 Å². The summed E-state index contributed by atoms with van der Waals surface area (Å²) in [7, 11) is 1.46. The molecule has 8 heteroatoms. The van der Waals surface area contributed by atoms with E-state index in [0.717, 1.165) is 11.3 Å². The van der Waals surface area contributed by atoms with Crippen LogP contribution in [0.15, 0.2) is 0 Å². The molecule has 1 rings (SSSR count). The van der Waals surface area contributed by atoms with E-state index in [4.69, 9.17) is 5.11 Å². The van der Waals surface area contributed by atoms with Crippen molar-refractivity contribution in [3.05, 3.63) is 0 Å². The number of nitrogens with one attached hydrogen (secondary N) is 1. The summed E-state index contributed by atoms with van der Waals surface area (Å²) in [6, 6.07) is -1.54. The summed E-state index contributed by atoms with van der Waals surface area (Å²) in [6.45, 7) is 1.40. The summed E-state index contributed by atoms with van der Waals surface area (Å²) in [4.78, 5) is 47.8. The quantitative estimate of drug-likeness (QED) is 0.621. The second kappa shape index (κ2) is 6.88. The fourth-order valence-electron chi connectivity index (χ4n) is 1.87. The predicted octanol–water partition coefficient (Wildman–Crippen LogP) is -0.360. The summed E-state index contributed by atoms with van der Waals surface area (Å²) >= 11 is 0. The highest BCUT2D eigenvalue weighted by molar-refractivity contribution is 6.04. The van der Waals surface area contributed by atoms with E-state index in [0.29, 0.717) is 12.8 Å². The molecule has 1 aliphatic rings. The molecule has 1 heterocycles. The van der Waals surface area contributed by atoms with Gasteiger partial charge in [0.25, 0.3) is 5.91 Å². The van der Waals surface area contributed by atoms with Crippen LogP contribution in [0.25, 0.3) is 0 Å². The predicted molar refractivity (Wildman–Crippen MR) is 68.8 cm³/mol. The van der Waals surface area contributed by atoms with E-state index in [1.807, 2.05) is 6.92 Å². The van der Waals surface area contributed by atoms with Crippen LogP contribution in [0.1, 0.15) is 26.2 Å². The van der Waals surface area contributed by atoms with Gasteiger partial charge >= 0.3 is 12.0 Å². The summed E-state index contributed by atoms with van der Waals surface area (Å²) in [5, 5.41) is 11.3. The van der Waals surface area contributed by atoms with Gasteiger partial charge in [0.15, 0.2) is 0 Å². The Kier molecular flexibility index (Phi) is 5.48. The molecule has 0 aliphatic carbocycles. The highest BCUT2D eigenvalue weighted by Crippen LogP contribution is 2.07. The number of rotatable bonds is 7. The van der Waals surface area contributed by atoms with Crippen molar-refractivity contribution < 1.29 is 24.3 Å². The van der Waals surface area contributed by atoms with Crippen molar-refractivity contribution >= 4 is 23.8 Å². The third-order valence-corrected chi connectivity index (χ3v) is 3.01. The number of nitrogens with zero attached hydrogens (tertiary/aromatic N) is 2. The minimum absolute atomic E-state index is 0.0652. The molecule has 0 bridgehead atoms. The normalized spacial score (nSPS) is 16.5. The number of aliphatic carboxylic acids is 1. The molecule has 0 radical (unpaired) electrons. The van der Waals surface area contributed by atoms with Crippen molar-refractivity contribution in [1.82, 2.24) is 15.1 Å². The number of carbonyl (C=O) groups excluding carboxylic acids is 3. The van der Waals surface area contributed by atoms with Crippen LogP contribution >= 0.6 is 0 Å². The van der Waals surface area contributed by atoms with E-state index < -0.39 is 36.4 Å². The van der Waals surface area contributed by atoms with Gasteiger partial charge in [0.2, 0.25) is 5.91 Å². The van der Waals surface area contributed by atoms with Gasteiger partial charge in [-0.05, 0) is 6.42 Å². The van der Waals surface area contributed by atoms with E-state index in [9.17, 15) is 19.2 Å². The van der Waals surface area contributed by atoms with Gasteiger partial charge in [0.05, 0.1) is 0 Å². The maximum atomic E-state index is 11.7. The highest BCUT2D eigenvalue weighted by atomic mass is 16.4. The smallest absolute Gasteiger partial charge is 0.327 e. The van der Waals surface area contributed by atoms with Crippen LogP contribution in [0.3, 0.4) is 0 Å². The van der Waals surface area contributed by atoms with Gasteiger partial charge in [0.1, 0.15) is 19.1 Å². The number of likely N-dealkylation sites (N-methyl/N-ethyl adjacent to an activating group) is 1. The molecule has 0 aromatic rings. The Balaban J connectivity index is 2.55. The van der Waals surface area contributed by atoms with Crippen molar-refractivity contribution in [1.29, 1.82) is 0 Å². The molecule has 0 aromatic heterocycles. The van der Waals surface area contributed by atoms with Crippen LogP contribution in [0, 0.1) is 0 Å². The molecule has 0 unspecified atom stereocenters. The third-order valence-electron chi connectivity index (χ3n) is 3.01. The topological polar surface area (TPSA) is 107 Å². The minimum atomic E-state index is -1.12. The van der Waals surface area contributed by atoms with Crippen molar-refractivity contribution in [2.45, 2.75) is 32.2 Å². The Bertz CT molecular complexity index is 423. The molecule has 1 fully saturated rings. The Morgan fingerprint density at radius 1 is 1.40 bits per heavy atom. The molecule has 0 aromatic carbocycles. The van der Waals surface area contributed by atoms with Crippen molar-refractivity contribution in [2.24, 2.45) is 0 Å².